The van der Waals surface area contributed by atoms with Gasteiger partial charge in [0.25, 0.3) is 0 Å². The Balaban J connectivity index is 3.06. The number of aliphatic imine (C=N–C) groups is 1. The zero-order chi connectivity index (χ0) is 9.23. The number of nitrogens with zero attached hydrogens (tertiary/aromatic N) is 2. The lowest BCUT2D eigenvalue weighted by Crippen LogP contribution is -1.89. The van der Waals surface area contributed by atoms with Crippen LogP contribution in [0.2, 0.25) is 0 Å². The van der Waals surface area contributed by atoms with E-state index in [0.29, 0.717) is 12.3 Å². The zero-order valence-electron chi connectivity index (χ0n) is 8.08. The van der Waals surface area contributed by atoms with Crippen molar-refractivity contribution in [2.24, 2.45) is 10.9 Å². The predicted octanol–water partition coefficient (Wildman–Crippen LogP) is 2.80. The zero-order valence-corrected chi connectivity index (χ0v) is 8.08. The molecule has 0 bridgehead atoms. The molecular weight excluding hydrogens is 148 g/mol. The Labute approximate surface area is 75.3 Å². The third-order valence-corrected chi connectivity index (χ3v) is 1.48. The van der Waals surface area contributed by atoms with E-state index in [2.05, 4.69) is 24.9 Å². The predicted molar refractivity (Wildman–Crippen MR) is 52.3 cm³/mol. The molecule has 0 rings (SSSR count). The minimum atomic E-state index is 0.559. The number of hydrogen-bond acceptors (Lipinski definition) is 2. The Morgan fingerprint density at radius 2 is 2.08 bits per heavy atom. The summed E-state index contributed by atoms with van der Waals surface area (Å²) in [5.41, 5.74) is 0. The molecule has 0 saturated carbocycles. The summed E-state index contributed by atoms with van der Waals surface area (Å²) in [4.78, 5) is 4.26. The quantitative estimate of drug-likeness (QED) is 0.441. The summed E-state index contributed by atoms with van der Waals surface area (Å²) in [6.45, 7) is 5.17. The van der Waals surface area contributed by atoms with Crippen LogP contribution in [-0.2, 0) is 0 Å². The fourth-order valence-electron chi connectivity index (χ4n) is 0.869. The molecule has 0 amide bonds. The van der Waals surface area contributed by atoms with Crippen LogP contribution in [0, 0.1) is 17.2 Å². The minimum Gasteiger partial charge on any atom is -0.297 e. The number of rotatable bonds is 6. The monoisotopic (exact) mass is 166 g/mol. The van der Waals surface area contributed by atoms with Gasteiger partial charge in [-0.25, -0.2) is 0 Å². The Kier molecular flexibility index (Phi) is 7.68. The van der Waals surface area contributed by atoms with Crippen LogP contribution >= 0.6 is 0 Å². The van der Waals surface area contributed by atoms with Gasteiger partial charge < -0.3 is 0 Å². The van der Waals surface area contributed by atoms with Crippen LogP contribution in [0.3, 0.4) is 0 Å². The maximum absolute atomic E-state index is 8.26. The molecule has 0 radical (unpaired) electrons. The van der Waals surface area contributed by atoms with E-state index in [-0.39, 0.29) is 0 Å². The van der Waals surface area contributed by atoms with Crippen molar-refractivity contribution in [2.45, 2.75) is 39.5 Å². The average molecular weight is 166 g/mol. The van der Waals surface area contributed by atoms with Crippen LogP contribution in [-0.4, -0.2) is 12.8 Å². The van der Waals surface area contributed by atoms with Crippen LogP contribution in [0.15, 0.2) is 4.99 Å². The summed E-state index contributed by atoms with van der Waals surface area (Å²) in [6.07, 6.45) is 5.94. The molecule has 0 aliphatic heterocycles. The van der Waals surface area contributed by atoms with Gasteiger partial charge in [-0.3, -0.25) is 4.99 Å². The van der Waals surface area contributed by atoms with Crippen molar-refractivity contribution in [2.75, 3.05) is 6.54 Å². The van der Waals surface area contributed by atoms with Crippen molar-refractivity contribution in [3.05, 3.63) is 0 Å². The minimum absolute atomic E-state index is 0.559. The van der Waals surface area contributed by atoms with Gasteiger partial charge in [-0.1, -0.05) is 20.3 Å². The average Bonchev–Trinajstić information content (AvgIpc) is 2.02. The third kappa shape index (κ3) is 9.16. The second kappa shape index (κ2) is 8.26. The number of hydrogen-bond donors (Lipinski definition) is 0. The highest BCUT2D eigenvalue weighted by molar-refractivity contribution is 5.59. The fraction of sp³-hybridized carbons (Fsp3) is 0.800. The first-order chi connectivity index (χ1) is 5.77. The molecule has 0 spiro atoms. The lowest BCUT2D eigenvalue weighted by atomic mass is 10.2. The van der Waals surface area contributed by atoms with E-state index in [1.165, 1.54) is 0 Å². The molecule has 0 heterocycles. The Morgan fingerprint density at radius 3 is 2.67 bits per heavy atom. The summed E-state index contributed by atoms with van der Waals surface area (Å²) in [6, 6.07) is 2.14. The lowest BCUT2D eigenvalue weighted by molar-refractivity contribution is 0.698. The van der Waals surface area contributed by atoms with Crippen LogP contribution in [0.5, 0.6) is 0 Å². The maximum Gasteiger partial charge on any atom is 0.0621 e. The van der Waals surface area contributed by atoms with E-state index in [9.17, 15) is 0 Å². The number of unbranched alkanes of at least 4 members (excludes halogenated alkanes) is 3. The molecule has 0 saturated heterocycles. The first-order valence-corrected chi connectivity index (χ1v) is 4.64. The van der Waals surface area contributed by atoms with E-state index in [1.807, 2.05) is 6.21 Å². The summed E-state index contributed by atoms with van der Waals surface area (Å²) in [5, 5.41) is 8.26. The van der Waals surface area contributed by atoms with E-state index in [1.54, 1.807) is 0 Å². The van der Waals surface area contributed by atoms with Gasteiger partial charge in [-0.05, 0) is 18.8 Å². The van der Waals surface area contributed by atoms with Crippen molar-refractivity contribution >= 4 is 6.21 Å². The van der Waals surface area contributed by atoms with Gasteiger partial charge in [0.2, 0.25) is 0 Å². The molecule has 68 valence electrons. The first-order valence-electron chi connectivity index (χ1n) is 4.64. The number of nitriles is 1. The summed E-state index contributed by atoms with van der Waals surface area (Å²) < 4.78 is 0. The van der Waals surface area contributed by atoms with Gasteiger partial charge in [-0.2, -0.15) is 5.26 Å². The molecule has 2 heteroatoms. The largest absolute Gasteiger partial charge is 0.297 e. The smallest absolute Gasteiger partial charge is 0.0621 e. The summed E-state index contributed by atoms with van der Waals surface area (Å²) in [7, 11) is 0. The van der Waals surface area contributed by atoms with Crippen molar-refractivity contribution < 1.29 is 0 Å². The third-order valence-electron chi connectivity index (χ3n) is 1.48. The lowest BCUT2D eigenvalue weighted by Gasteiger charge is -1.95. The molecule has 0 atom stereocenters. The summed E-state index contributed by atoms with van der Waals surface area (Å²) in [5.74, 6) is 0.559. The highest BCUT2D eigenvalue weighted by atomic mass is 14.7. The van der Waals surface area contributed by atoms with Gasteiger partial charge in [0.05, 0.1) is 6.07 Å². The fourth-order valence-corrected chi connectivity index (χ4v) is 0.869. The molecule has 12 heavy (non-hydrogen) atoms. The van der Waals surface area contributed by atoms with Crippen LogP contribution < -0.4 is 0 Å². The van der Waals surface area contributed by atoms with Crippen LogP contribution in [0.4, 0.5) is 0 Å². The second-order valence-electron chi connectivity index (χ2n) is 3.27. The molecular formula is C10H18N2. The Hall–Kier alpha value is -0.840. The first kappa shape index (κ1) is 11.2. The second-order valence-corrected chi connectivity index (χ2v) is 3.27. The van der Waals surface area contributed by atoms with Gasteiger partial charge in [0.1, 0.15) is 0 Å². The van der Waals surface area contributed by atoms with Crippen LogP contribution in [0.1, 0.15) is 39.5 Å². The topological polar surface area (TPSA) is 36.1 Å². The van der Waals surface area contributed by atoms with E-state index < -0.39 is 0 Å². The van der Waals surface area contributed by atoms with Gasteiger partial charge >= 0.3 is 0 Å². The molecule has 0 aliphatic rings. The Bertz CT molecular complexity index is 154. The summed E-state index contributed by atoms with van der Waals surface area (Å²) >= 11 is 0. The highest BCUT2D eigenvalue weighted by Crippen LogP contribution is 1.98. The van der Waals surface area contributed by atoms with E-state index in [0.717, 1.165) is 25.8 Å². The van der Waals surface area contributed by atoms with Gasteiger partial charge in [0.15, 0.2) is 0 Å². The van der Waals surface area contributed by atoms with Gasteiger partial charge in [-0.15, -0.1) is 0 Å². The molecule has 2 nitrogen and oxygen atoms in total. The SMILES string of the molecule is CC(C)C=NCCCCCC#N. The van der Waals surface area contributed by atoms with E-state index in [4.69, 9.17) is 5.26 Å². The van der Waals surface area contributed by atoms with Crippen LogP contribution in [0.25, 0.3) is 0 Å². The molecule has 0 unspecified atom stereocenters. The molecule has 0 N–H and O–H groups in total. The maximum atomic E-state index is 8.26. The standard InChI is InChI=1S/C10H18N2/c1-10(2)9-12-8-6-4-3-5-7-11/h9-10H,3-6,8H2,1-2H3. The van der Waals surface area contributed by atoms with E-state index >= 15 is 0 Å². The van der Waals surface area contributed by atoms with Crippen molar-refractivity contribution in [1.82, 2.24) is 0 Å². The van der Waals surface area contributed by atoms with Gasteiger partial charge in [0, 0.05) is 19.2 Å². The van der Waals surface area contributed by atoms with Crippen molar-refractivity contribution in [1.29, 1.82) is 5.26 Å². The molecule has 0 aromatic carbocycles. The normalized spacial score (nSPS) is 10.8. The van der Waals surface area contributed by atoms with Crippen molar-refractivity contribution in [3.63, 3.8) is 0 Å². The molecule has 0 aliphatic carbocycles. The highest BCUT2D eigenvalue weighted by Gasteiger charge is 1.87. The van der Waals surface area contributed by atoms with Crippen molar-refractivity contribution in [3.8, 4) is 6.07 Å². The molecule has 0 aromatic heterocycles. The molecule has 0 fully saturated rings. The molecule has 0 aromatic rings. The Morgan fingerprint density at radius 1 is 1.33 bits per heavy atom.